The summed E-state index contributed by atoms with van der Waals surface area (Å²) in [6.45, 7) is 12.2. The first-order valence-electron chi connectivity index (χ1n) is 8.20. The molecule has 2 aromatic rings. The van der Waals surface area contributed by atoms with Crippen LogP contribution in [-0.2, 0) is 5.41 Å². The number of amides is 1. The molecule has 24 heavy (non-hydrogen) atoms. The Kier molecular flexibility index (Phi) is 5.22. The van der Waals surface area contributed by atoms with Gasteiger partial charge in [-0.1, -0.05) is 39.0 Å². The Bertz CT molecular complexity index is 732. The minimum Gasteiger partial charge on any atom is -0.352 e. The number of hydrogen-bond acceptors (Lipinski definition) is 4. The van der Waals surface area contributed by atoms with E-state index in [4.69, 9.17) is 0 Å². The van der Waals surface area contributed by atoms with Crippen LogP contribution in [0.1, 0.15) is 56.4 Å². The molecule has 0 bridgehead atoms. The van der Waals surface area contributed by atoms with Crippen molar-refractivity contribution in [2.45, 2.75) is 53.0 Å². The third-order valence-corrected chi connectivity index (χ3v) is 3.49. The number of aryl methyl sites for hydroxylation is 1. The molecule has 0 atom stereocenters. The summed E-state index contributed by atoms with van der Waals surface area (Å²) in [7, 11) is 0. The van der Waals surface area contributed by atoms with Crippen LogP contribution in [0, 0.1) is 6.92 Å². The molecule has 0 saturated heterocycles. The summed E-state index contributed by atoms with van der Waals surface area (Å²) in [6.07, 6.45) is 0. The third kappa shape index (κ3) is 4.54. The maximum atomic E-state index is 12.7. The molecule has 0 unspecified atom stereocenters. The number of rotatable bonds is 4. The van der Waals surface area contributed by atoms with Crippen molar-refractivity contribution < 1.29 is 4.79 Å². The smallest absolute Gasteiger partial charge is 0.274 e. The first-order valence-corrected chi connectivity index (χ1v) is 8.20. The van der Waals surface area contributed by atoms with Crippen molar-refractivity contribution in [1.29, 1.82) is 0 Å². The second kappa shape index (κ2) is 6.99. The molecule has 0 fully saturated rings. The highest BCUT2D eigenvalue weighted by atomic mass is 16.1. The molecule has 0 spiro atoms. The number of carbonyl (C=O) groups excluding carboxylic acids is 1. The van der Waals surface area contributed by atoms with E-state index in [9.17, 15) is 4.79 Å². The lowest BCUT2D eigenvalue weighted by Gasteiger charge is -2.23. The highest BCUT2D eigenvalue weighted by Crippen LogP contribution is 2.29. The van der Waals surface area contributed by atoms with E-state index in [0.717, 1.165) is 16.9 Å². The summed E-state index contributed by atoms with van der Waals surface area (Å²) in [5.41, 5.74) is 2.95. The minimum absolute atomic E-state index is 0.0597. The van der Waals surface area contributed by atoms with Crippen molar-refractivity contribution in [2.75, 3.05) is 10.6 Å². The zero-order valence-electron chi connectivity index (χ0n) is 15.3. The van der Waals surface area contributed by atoms with Crippen LogP contribution in [-0.4, -0.2) is 21.9 Å². The molecule has 0 radical (unpaired) electrons. The van der Waals surface area contributed by atoms with Crippen LogP contribution in [0.3, 0.4) is 0 Å². The Balaban J connectivity index is 2.30. The largest absolute Gasteiger partial charge is 0.352 e. The SMILES string of the molecule is Cc1cc(C(=O)Nc2ccccc2C(C)(C)C)nc(NC(C)C)n1. The van der Waals surface area contributed by atoms with E-state index in [-0.39, 0.29) is 17.4 Å². The molecule has 0 saturated carbocycles. The Morgan fingerprint density at radius 1 is 1.12 bits per heavy atom. The van der Waals surface area contributed by atoms with Gasteiger partial charge in [-0.3, -0.25) is 4.79 Å². The van der Waals surface area contributed by atoms with Gasteiger partial charge < -0.3 is 10.6 Å². The summed E-state index contributed by atoms with van der Waals surface area (Å²) in [5.74, 6) is 0.239. The molecule has 1 amide bonds. The van der Waals surface area contributed by atoms with E-state index in [0.29, 0.717) is 11.6 Å². The average Bonchev–Trinajstić information content (AvgIpc) is 2.45. The molecule has 0 aliphatic heterocycles. The molecule has 1 aromatic carbocycles. The first kappa shape index (κ1) is 17.9. The molecular formula is C19H26N4O. The van der Waals surface area contributed by atoms with Gasteiger partial charge in [-0.25, -0.2) is 9.97 Å². The zero-order chi connectivity index (χ0) is 17.9. The van der Waals surface area contributed by atoms with E-state index in [1.807, 2.05) is 45.0 Å². The quantitative estimate of drug-likeness (QED) is 0.885. The van der Waals surface area contributed by atoms with Gasteiger partial charge in [0.25, 0.3) is 5.91 Å². The van der Waals surface area contributed by atoms with Crippen LogP contribution in [0.15, 0.2) is 30.3 Å². The number of para-hydroxylation sites is 1. The van der Waals surface area contributed by atoms with Gasteiger partial charge in [0, 0.05) is 17.4 Å². The fraction of sp³-hybridized carbons (Fsp3) is 0.421. The van der Waals surface area contributed by atoms with E-state index < -0.39 is 0 Å². The van der Waals surface area contributed by atoms with E-state index >= 15 is 0 Å². The third-order valence-electron chi connectivity index (χ3n) is 3.49. The lowest BCUT2D eigenvalue weighted by molar-refractivity contribution is 0.102. The minimum atomic E-state index is -0.232. The van der Waals surface area contributed by atoms with Gasteiger partial charge in [0.2, 0.25) is 5.95 Å². The van der Waals surface area contributed by atoms with Gasteiger partial charge in [0.05, 0.1) is 0 Å². The summed E-state index contributed by atoms with van der Waals surface area (Å²) < 4.78 is 0. The lowest BCUT2D eigenvalue weighted by atomic mass is 9.86. The number of nitrogens with zero attached hydrogens (tertiary/aromatic N) is 2. The Morgan fingerprint density at radius 2 is 1.79 bits per heavy atom. The number of hydrogen-bond donors (Lipinski definition) is 2. The van der Waals surface area contributed by atoms with Gasteiger partial charge in [0.1, 0.15) is 5.69 Å². The molecule has 0 aliphatic carbocycles. The van der Waals surface area contributed by atoms with Crippen molar-refractivity contribution in [3.63, 3.8) is 0 Å². The van der Waals surface area contributed by atoms with E-state index in [1.165, 1.54) is 0 Å². The molecule has 1 heterocycles. The number of aromatic nitrogens is 2. The second-order valence-corrected chi connectivity index (χ2v) is 7.27. The number of benzene rings is 1. The molecule has 0 aliphatic rings. The maximum Gasteiger partial charge on any atom is 0.274 e. The van der Waals surface area contributed by atoms with Crippen LogP contribution in [0.4, 0.5) is 11.6 Å². The molecule has 5 nitrogen and oxygen atoms in total. The van der Waals surface area contributed by atoms with Crippen molar-refractivity contribution >= 4 is 17.5 Å². The monoisotopic (exact) mass is 326 g/mol. The van der Waals surface area contributed by atoms with Crippen molar-refractivity contribution in [3.8, 4) is 0 Å². The van der Waals surface area contributed by atoms with Crippen LogP contribution in [0.5, 0.6) is 0 Å². The fourth-order valence-corrected chi connectivity index (χ4v) is 2.44. The average molecular weight is 326 g/mol. The fourth-order valence-electron chi connectivity index (χ4n) is 2.44. The maximum absolute atomic E-state index is 12.7. The van der Waals surface area contributed by atoms with Gasteiger partial charge >= 0.3 is 0 Å². The van der Waals surface area contributed by atoms with Crippen LogP contribution in [0.2, 0.25) is 0 Å². The number of nitrogens with one attached hydrogen (secondary N) is 2. The van der Waals surface area contributed by atoms with Crippen molar-refractivity contribution in [2.24, 2.45) is 0 Å². The summed E-state index contributed by atoms with van der Waals surface area (Å²) in [4.78, 5) is 21.3. The van der Waals surface area contributed by atoms with Crippen molar-refractivity contribution in [3.05, 3.63) is 47.3 Å². The number of anilines is 2. The lowest BCUT2D eigenvalue weighted by Crippen LogP contribution is -2.21. The van der Waals surface area contributed by atoms with Gasteiger partial charge in [-0.2, -0.15) is 0 Å². The van der Waals surface area contributed by atoms with Crippen LogP contribution < -0.4 is 10.6 Å². The predicted octanol–water partition coefficient (Wildman–Crippen LogP) is 4.16. The molecule has 1 aromatic heterocycles. The predicted molar refractivity (Wildman–Crippen MR) is 98.6 cm³/mol. The Labute approximate surface area is 143 Å². The molecule has 128 valence electrons. The topological polar surface area (TPSA) is 66.9 Å². The first-order chi connectivity index (χ1) is 11.2. The van der Waals surface area contributed by atoms with Gasteiger partial charge in [0.15, 0.2) is 0 Å². The Hall–Kier alpha value is -2.43. The van der Waals surface area contributed by atoms with Gasteiger partial charge in [-0.15, -0.1) is 0 Å². The molecular weight excluding hydrogens is 300 g/mol. The van der Waals surface area contributed by atoms with E-state index in [1.54, 1.807) is 6.07 Å². The van der Waals surface area contributed by atoms with Crippen LogP contribution >= 0.6 is 0 Å². The molecule has 2 rings (SSSR count). The zero-order valence-corrected chi connectivity index (χ0v) is 15.3. The highest BCUT2D eigenvalue weighted by molar-refractivity contribution is 6.03. The summed E-state index contributed by atoms with van der Waals surface area (Å²) in [6, 6.07) is 9.74. The second-order valence-electron chi connectivity index (χ2n) is 7.27. The molecule has 5 heteroatoms. The van der Waals surface area contributed by atoms with Crippen molar-refractivity contribution in [1.82, 2.24) is 9.97 Å². The summed E-state index contributed by atoms with van der Waals surface area (Å²) >= 11 is 0. The molecule has 2 N–H and O–H groups in total. The standard InChI is InChI=1S/C19H26N4O/c1-12(2)20-18-21-13(3)11-16(23-18)17(24)22-15-10-8-7-9-14(15)19(4,5)6/h7-12H,1-6H3,(H,22,24)(H,20,21,23). The van der Waals surface area contributed by atoms with Gasteiger partial charge in [-0.05, 0) is 43.9 Å². The normalized spacial score (nSPS) is 11.5. The van der Waals surface area contributed by atoms with E-state index in [2.05, 4.69) is 41.4 Å². The number of carbonyl (C=O) groups is 1. The highest BCUT2D eigenvalue weighted by Gasteiger charge is 2.19. The van der Waals surface area contributed by atoms with Crippen LogP contribution in [0.25, 0.3) is 0 Å². The summed E-state index contributed by atoms with van der Waals surface area (Å²) in [5, 5.41) is 6.12. The Morgan fingerprint density at radius 3 is 2.42 bits per heavy atom.